The number of alkyl halides is 3. The zero-order valence-electron chi connectivity index (χ0n) is 20.6. The number of piperidine rings is 1. The van der Waals surface area contributed by atoms with Crippen molar-refractivity contribution in [3.05, 3.63) is 35.6 Å². The summed E-state index contributed by atoms with van der Waals surface area (Å²) in [5.41, 5.74) is 0.632. The second-order valence-electron chi connectivity index (χ2n) is 10.9. The molecule has 1 saturated carbocycles. The number of halogens is 3. The lowest BCUT2D eigenvalue weighted by atomic mass is 9.99. The van der Waals surface area contributed by atoms with Gasteiger partial charge in [-0.1, -0.05) is 17.3 Å². The van der Waals surface area contributed by atoms with Gasteiger partial charge in [0, 0.05) is 29.1 Å². The Labute approximate surface area is 207 Å². The highest BCUT2D eigenvalue weighted by molar-refractivity contribution is 5.71. The molecule has 0 spiro atoms. The Balaban J connectivity index is 1.32. The highest BCUT2D eigenvalue weighted by Crippen LogP contribution is 2.46. The monoisotopic (exact) mass is 508 g/mol. The van der Waals surface area contributed by atoms with Gasteiger partial charge < -0.3 is 23.6 Å². The Morgan fingerprint density at radius 2 is 1.75 bits per heavy atom. The first-order valence-electron chi connectivity index (χ1n) is 12.4. The highest BCUT2D eigenvalue weighted by Gasteiger charge is 2.45. The van der Waals surface area contributed by atoms with Gasteiger partial charge in [0.05, 0.1) is 12.7 Å². The predicted octanol–water partition coefficient (Wildman–Crippen LogP) is 6.56. The van der Waals surface area contributed by atoms with Crippen LogP contribution in [0.15, 0.2) is 28.8 Å². The van der Waals surface area contributed by atoms with E-state index in [9.17, 15) is 18.0 Å². The first-order chi connectivity index (χ1) is 17.0. The van der Waals surface area contributed by atoms with Crippen LogP contribution in [-0.2, 0) is 16.1 Å². The van der Waals surface area contributed by atoms with Gasteiger partial charge in [0.15, 0.2) is 0 Å². The molecule has 3 fully saturated rings. The van der Waals surface area contributed by atoms with E-state index in [1.807, 2.05) is 25.7 Å². The zero-order valence-corrected chi connectivity index (χ0v) is 20.6. The Bertz CT molecular complexity index is 1090. The Morgan fingerprint density at radius 1 is 1.08 bits per heavy atom. The van der Waals surface area contributed by atoms with Gasteiger partial charge in [-0.3, -0.25) is 0 Å². The summed E-state index contributed by atoms with van der Waals surface area (Å²) >= 11 is 0. The summed E-state index contributed by atoms with van der Waals surface area (Å²) in [5, 5.41) is 4.14. The predicted molar refractivity (Wildman–Crippen MR) is 123 cm³/mol. The number of amides is 1. The molecule has 7 nitrogen and oxygen atoms in total. The molecule has 2 aliphatic heterocycles. The molecule has 3 atom stereocenters. The van der Waals surface area contributed by atoms with E-state index < -0.39 is 12.0 Å². The van der Waals surface area contributed by atoms with Crippen LogP contribution in [0.4, 0.5) is 18.0 Å². The molecule has 36 heavy (non-hydrogen) atoms. The maximum atomic E-state index is 13.0. The summed E-state index contributed by atoms with van der Waals surface area (Å²) in [5.74, 6) is 0.539. The van der Waals surface area contributed by atoms with Gasteiger partial charge in [0.2, 0.25) is 0 Å². The first kappa shape index (κ1) is 24.9. The average molecular weight is 509 g/mol. The first-order valence-corrected chi connectivity index (χ1v) is 12.4. The third-order valence-electron chi connectivity index (χ3n) is 6.89. The summed E-state index contributed by atoms with van der Waals surface area (Å²) in [6.07, 6.45) is -0.134. The van der Waals surface area contributed by atoms with E-state index in [0.717, 1.165) is 25.7 Å². The summed E-state index contributed by atoms with van der Waals surface area (Å²) in [6.45, 7) is 5.74. The number of carbonyl (C=O) groups excluding carboxylic acids is 1. The van der Waals surface area contributed by atoms with Gasteiger partial charge in [0.25, 0.3) is 0 Å². The number of benzene rings is 1. The normalized spacial score (nSPS) is 24.2. The molecule has 3 aliphatic rings. The topological polar surface area (TPSA) is 74.0 Å². The average Bonchev–Trinajstić information content (AvgIpc) is 3.47. The molecule has 1 amide bonds. The molecule has 5 rings (SSSR count). The molecule has 2 aromatic rings. The number of hydrogen-bond acceptors (Lipinski definition) is 6. The summed E-state index contributed by atoms with van der Waals surface area (Å²) in [4.78, 5) is 14.6. The Morgan fingerprint density at radius 3 is 2.36 bits per heavy atom. The largest absolute Gasteiger partial charge is 0.573 e. The molecule has 2 unspecified atom stereocenters. The molecule has 0 N–H and O–H groups in total. The van der Waals surface area contributed by atoms with Crippen molar-refractivity contribution in [1.82, 2.24) is 10.1 Å². The van der Waals surface area contributed by atoms with Crippen molar-refractivity contribution in [2.45, 2.75) is 102 Å². The second-order valence-corrected chi connectivity index (χ2v) is 10.9. The minimum absolute atomic E-state index is 0.0503. The van der Waals surface area contributed by atoms with Gasteiger partial charge in [-0.2, -0.15) is 0 Å². The van der Waals surface area contributed by atoms with Crippen LogP contribution in [0.2, 0.25) is 0 Å². The van der Waals surface area contributed by atoms with Crippen LogP contribution in [0, 0.1) is 0 Å². The quantitative estimate of drug-likeness (QED) is 0.440. The third-order valence-corrected chi connectivity index (χ3v) is 6.89. The number of hydrogen-bond donors (Lipinski definition) is 0. The van der Waals surface area contributed by atoms with E-state index in [1.165, 1.54) is 12.1 Å². The summed E-state index contributed by atoms with van der Waals surface area (Å²) in [7, 11) is 0. The summed E-state index contributed by atoms with van der Waals surface area (Å²) in [6, 6.07) is 6.03. The lowest BCUT2D eigenvalue weighted by Crippen LogP contribution is -2.50. The molecule has 0 radical (unpaired) electrons. The lowest BCUT2D eigenvalue weighted by molar-refractivity contribution is -0.274. The molecule has 3 heterocycles. The van der Waals surface area contributed by atoms with Crippen LogP contribution < -0.4 is 4.74 Å². The van der Waals surface area contributed by atoms with Crippen LogP contribution in [0.3, 0.4) is 0 Å². The van der Waals surface area contributed by atoms with Gasteiger partial charge in [-0.25, -0.2) is 4.79 Å². The van der Waals surface area contributed by atoms with E-state index in [1.54, 1.807) is 12.1 Å². The van der Waals surface area contributed by atoms with Crippen molar-refractivity contribution in [2.24, 2.45) is 0 Å². The summed E-state index contributed by atoms with van der Waals surface area (Å²) < 4.78 is 60.8. The fourth-order valence-electron chi connectivity index (χ4n) is 5.29. The molecule has 2 saturated heterocycles. The van der Waals surface area contributed by atoms with E-state index in [0.29, 0.717) is 29.9 Å². The van der Waals surface area contributed by atoms with Crippen molar-refractivity contribution in [3.63, 3.8) is 0 Å². The van der Waals surface area contributed by atoms with Crippen LogP contribution >= 0.6 is 0 Å². The lowest BCUT2D eigenvalue weighted by Gasteiger charge is -2.39. The third kappa shape index (κ3) is 5.48. The molecule has 196 valence electrons. The zero-order chi connectivity index (χ0) is 25.7. The second kappa shape index (κ2) is 9.28. The standard InChI is InChI=1S/C26H31F3N2O5/c1-25(2,3)35-24(32)31-16-10-11-17(31)13-18(12-16)33-14-20-22(30-36-23(20)15-8-9-15)19-6-4-5-7-21(19)34-26(27,28)29/h4-7,15-18H,8-14H2,1-3H3/t16-,17?,18?/m1/s1. The number of rotatable bonds is 6. The molecule has 1 aliphatic carbocycles. The molecule has 1 aromatic carbocycles. The van der Waals surface area contributed by atoms with Crippen LogP contribution in [0.25, 0.3) is 11.3 Å². The number of ether oxygens (including phenoxy) is 3. The molecular weight excluding hydrogens is 477 g/mol. The smallest absolute Gasteiger partial charge is 0.444 e. The van der Waals surface area contributed by atoms with E-state index in [4.69, 9.17) is 14.0 Å². The van der Waals surface area contributed by atoms with Crippen molar-refractivity contribution in [3.8, 4) is 17.0 Å². The van der Waals surface area contributed by atoms with Crippen molar-refractivity contribution in [1.29, 1.82) is 0 Å². The number of carbonyl (C=O) groups is 1. The number of fused-ring (bicyclic) bond motifs is 2. The fourth-order valence-corrected chi connectivity index (χ4v) is 5.29. The van der Waals surface area contributed by atoms with E-state index in [-0.39, 0.29) is 48.1 Å². The van der Waals surface area contributed by atoms with Crippen molar-refractivity contribution < 1.29 is 36.7 Å². The van der Waals surface area contributed by atoms with E-state index >= 15 is 0 Å². The Kier molecular flexibility index (Phi) is 6.43. The van der Waals surface area contributed by atoms with Crippen LogP contribution in [0.1, 0.15) is 76.5 Å². The minimum Gasteiger partial charge on any atom is -0.444 e. The SMILES string of the molecule is CC(C)(C)OC(=O)N1C2CC[C@@H]1CC(OCc1c(-c3ccccc3OC(F)(F)F)noc1C1CC1)C2. The molecule has 1 aromatic heterocycles. The van der Waals surface area contributed by atoms with Gasteiger partial charge in [-0.15, -0.1) is 13.2 Å². The number of nitrogens with zero attached hydrogens (tertiary/aromatic N) is 2. The highest BCUT2D eigenvalue weighted by atomic mass is 19.4. The minimum atomic E-state index is -4.82. The molecule has 10 heteroatoms. The van der Waals surface area contributed by atoms with Crippen LogP contribution in [-0.4, -0.2) is 46.3 Å². The molecule has 2 bridgehead atoms. The van der Waals surface area contributed by atoms with Crippen molar-refractivity contribution >= 4 is 6.09 Å². The van der Waals surface area contributed by atoms with Crippen molar-refractivity contribution in [2.75, 3.05) is 0 Å². The molecular formula is C26H31F3N2O5. The number of aromatic nitrogens is 1. The van der Waals surface area contributed by atoms with Gasteiger partial charge in [0.1, 0.15) is 22.8 Å². The fraction of sp³-hybridized carbons (Fsp3) is 0.615. The Hall–Kier alpha value is -2.75. The van der Waals surface area contributed by atoms with Crippen LogP contribution in [0.5, 0.6) is 5.75 Å². The maximum Gasteiger partial charge on any atom is 0.573 e. The number of para-hydroxylation sites is 1. The van der Waals surface area contributed by atoms with Gasteiger partial charge in [-0.05, 0) is 71.4 Å². The van der Waals surface area contributed by atoms with E-state index in [2.05, 4.69) is 9.89 Å². The van der Waals surface area contributed by atoms with Gasteiger partial charge >= 0.3 is 12.5 Å². The maximum absolute atomic E-state index is 13.0.